The van der Waals surface area contributed by atoms with Gasteiger partial charge in [-0.1, -0.05) is 42.2 Å². The van der Waals surface area contributed by atoms with Gasteiger partial charge in [0.05, 0.1) is 11.3 Å². The van der Waals surface area contributed by atoms with Gasteiger partial charge in [0, 0.05) is 5.02 Å². The molecule has 17 heavy (non-hydrogen) atoms. The minimum absolute atomic E-state index is 0.360. The molecule has 0 aliphatic heterocycles. The zero-order chi connectivity index (χ0) is 12.3. The molecule has 2 N–H and O–H groups in total. The first-order valence-electron chi connectivity index (χ1n) is 5.72. The van der Waals surface area contributed by atoms with E-state index in [-0.39, 0.29) is 0 Å². The van der Waals surface area contributed by atoms with Crippen LogP contribution in [0.2, 0.25) is 5.02 Å². The number of benzene rings is 1. The molecule has 90 valence electrons. The normalized spacial score (nSPS) is 10.7. The maximum Gasteiger partial charge on any atom is 0.230 e. The Bertz CT molecular complexity index is 508. The van der Waals surface area contributed by atoms with E-state index in [1.54, 1.807) is 0 Å². The van der Waals surface area contributed by atoms with Gasteiger partial charge in [-0.05, 0) is 30.5 Å². The van der Waals surface area contributed by atoms with Crippen LogP contribution < -0.4 is 5.73 Å². The Hall–Kier alpha value is -1.48. The van der Waals surface area contributed by atoms with Crippen LogP contribution in [0.1, 0.15) is 25.5 Å². The Morgan fingerprint density at radius 2 is 2.24 bits per heavy atom. The van der Waals surface area contributed by atoms with Gasteiger partial charge in [-0.2, -0.15) is 0 Å². The van der Waals surface area contributed by atoms with Crippen LogP contribution in [-0.2, 0) is 6.42 Å². The lowest BCUT2D eigenvalue weighted by molar-refractivity contribution is 0.426. The summed E-state index contributed by atoms with van der Waals surface area (Å²) in [5.74, 6) is 0.360. The predicted molar refractivity (Wildman–Crippen MR) is 70.0 cm³/mol. The molecule has 0 amide bonds. The molecule has 1 aromatic carbocycles. The molecule has 0 aliphatic carbocycles. The number of nitrogens with two attached hydrogens (primary N) is 1. The van der Waals surface area contributed by atoms with Crippen LogP contribution in [0.4, 0.5) is 5.88 Å². The van der Waals surface area contributed by atoms with Crippen LogP contribution in [0.3, 0.4) is 0 Å². The molecule has 0 fully saturated rings. The molecule has 0 bridgehead atoms. The van der Waals surface area contributed by atoms with Crippen molar-refractivity contribution in [2.75, 3.05) is 5.73 Å². The van der Waals surface area contributed by atoms with Crippen LogP contribution in [0.15, 0.2) is 28.8 Å². The van der Waals surface area contributed by atoms with E-state index in [1.807, 2.05) is 24.3 Å². The Labute approximate surface area is 106 Å². The summed E-state index contributed by atoms with van der Waals surface area (Å²) < 4.78 is 5.07. The third-order valence-corrected chi connectivity index (χ3v) is 2.90. The Morgan fingerprint density at radius 3 is 2.94 bits per heavy atom. The van der Waals surface area contributed by atoms with Crippen LogP contribution in [-0.4, -0.2) is 5.16 Å². The first-order valence-corrected chi connectivity index (χ1v) is 6.10. The number of nitrogens with zero attached hydrogens (tertiary/aromatic N) is 1. The summed E-state index contributed by atoms with van der Waals surface area (Å²) in [7, 11) is 0. The fraction of sp³-hybridized carbons (Fsp3) is 0.308. The summed E-state index contributed by atoms with van der Waals surface area (Å²) in [6.45, 7) is 2.14. The number of aromatic nitrogens is 1. The molecular formula is C13H15ClN2O. The van der Waals surface area contributed by atoms with Crippen molar-refractivity contribution in [2.45, 2.75) is 26.2 Å². The van der Waals surface area contributed by atoms with E-state index < -0.39 is 0 Å². The smallest absolute Gasteiger partial charge is 0.230 e. The average molecular weight is 251 g/mol. The van der Waals surface area contributed by atoms with E-state index in [0.29, 0.717) is 10.9 Å². The van der Waals surface area contributed by atoms with E-state index in [0.717, 1.165) is 36.1 Å². The van der Waals surface area contributed by atoms with Crippen molar-refractivity contribution in [3.05, 3.63) is 35.0 Å². The second-order valence-electron chi connectivity index (χ2n) is 3.98. The first-order chi connectivity index (χ1) is 8.22. The molecule has 0 saturated carbocycles. The van der Waals surface area contributed by atoms with E-state index in [4.69, 9.17) is 21.9 Å². The van der Waals surface area contributed by atoms with Crippen molar-refractivity contribution in [3.8, 4) is 11.1 Å². The van der Waals surface area contributed by atoms with E-state index >= 15 is 0 Å². The van der Waals surface area contributed by atoms with Crippen molar-refractivity contribution in [1.29, 1.82) is 0 Å². The highest BCUT2D eigenvalue weighted by Gasteiger charge is 2.15. The molecule has 3 nitrogen and oxygen atoms in total. The highest BCUT2D eigenvalue weighted by molar-refractivity contribution is 6.30. The molecule has 0 radical (unpaired) electrons. The standard InChI is InChI=1S/C13H15ClN2O/c1-2-3-7-11-12(13(15)17-16-11)9-5-4-6-10(14)8-9/h4-6,8H,2-3,7,15H2,1H3. The number of unbranched alkanes of at least 4 members (excludes halogenated alkanes) is 1. The number of aryl methyl sites for hydroxylation is 1. The Morgan fingerprint density at radius 1 is 1.41 bits per heavy atom. The molecule has 0 aliphatic rings. The molecule has 1 heterocycles. The van der Waals surface area contributed by atoms with Gasteiger partial charge >= 0.3 is 0 Å². The quantitative estimate of drug-likeness (QED) is 0.895. The van der Waals surface area contributed by atoms with Gasteiger partial charge in [0.15, 0.2) is 0 Å². The lowest BCUT2D eigenvalue weighted by atomic mass is 10.0. The Kier molecular flexibility index (Phi) is 3.69. The molecule has 4 heteroatoms. The summed E-state index contributed by atoms with van der Waals surface area (Å²) in [6, 6.07) is 7.57. The van der Waals surface area contributed by atoms with Crippen LogP contribution in [0.25, 0.3) is 11.1 Å². The van der Waals surface area contributed by atoms with Crippen LogP contribution in [0, 0.1) is 0 Å². The minimum atomic E-state index is 0.360. The third-order valence-electron chi connectivity index (χ3n) is 2.67. The number of hydrogen-bond donors (Lipinski definition) is 1. The number of halogens is 1. The van der Waals surface area contributed by atoms with Crippen molar-refractivity contribution >= 4 is 17.5 Å². The van der Waals surface area contributed by atoms with Gasteiger partial charge in [-0.3, -0.25) is 0 Å². The maximum atomic E-state index is 5.98. The molecular weight excluding hydrogens is 236 g/mol. The summed E-state index contributed by atoms with van der Waals surface area (Å²) in [5.41, 5.74) is 8.57. The number of rotatable bonds is 4. The first kappa shape index (κ1) is 12.0. The molecule has 0 spiro atoms. The minimum Gasteiger partial charge on any atom is -0.367 e. The number of nitrogen functional groups attached to an aromatic ring is 1. The largest absolute Gasteiger partial charge is 0.367 e. The Balaban J connectivity index is 2.39. The van der Waals surface area contributed by atoms with Crippen molar-refractivity contribution in [3.63, 3.8) is 0 Å². The van der Waals surface area contributed by atoms with Crippen molar-refractivity contribution < 1.29 is 4.52 Å². The van der Waals surface area contributed by atoms with Gasteiger partial charge < -0.3 is 10.3 Å². The van der Waals surface area contributed by atoms with E-state index in [2.05, 4.69) is 12.1 Å². The highest BCUT2D eigenvalue weighted by Crippen LogP contribution is 2.31. The average Bonchev–Trinajstić information content (AvgIpc) is 2.68. The van der Waals surface area contributed by atoms with Crippen molar-refractivity contribution in [1.82, 2.24) is 5.16 Å². The maximum absolute atomic E-state index is 5.98. The van der Waals surface area contributed by atoms with Crippen LogP contribution >= 0.6 is 11.6 Å². The topological polar surface area (TPSA) is 52.0 Å². The molecule has 0 saturated heterocycles. The third kappa shape index (κ3) is 2.61. The SMILES string of the molecule is CCCCc1noc(N)c1-c1cccc(Cl)c1. The summed E-state index contributed by atoms with van der Waals surface area (Å²) in [4.78, 5) is 0. The van der Waals surface area contributed by atoms with Gasteiger partial charge in [0.25, 0.3) is 0 Å². The fourth-order valence-electron chi connectivity index (χ4n) is 1.81. The van der Waals surface area contributed by atoms with Gasteiger partial charge in [0.1, 0.15) is 0 Å². The summed E-state index contributed by atoms with van der Waals surface area (Å²) in [6.07, 6.45) is 3.06. The second-order valence-corrected chi connectivity index (χ2v) is 4.42. The van der Waals surface area contributed by atoms with Gasteiger partial charge in [-0.25, -0.2) is 0 Å². The summed E-state index contributed by atoms with van der Waals surface area (Å²) >= 11 is 5.98. The van der Waals surface area contributed by atoms with Gasteiger partial charge in [0.2, 0.25) is 5.88 Å². The summed E-state index contributed by atoms with van der Waals surface area (Å²) in [5, 5.41) is 4.70. The van der Waals surface area contributed by atoms with E-state index in [1.165, 1.54) is 0 Å². The molecule has 1 aromatic heterocycles. The molecule has 2 rings (SSSR count). The fourth-order valence-corrected chi connectivity index (χ4v) is 2.00. The molecule has 0 atom stereocenters. The number of anilines is 1. The zero-order valence-electron chi connectivity index (χ0n) is 9.74. The lowest BCUT2D eigenvalue weighted by Crippen LogP contribution is -1.91. The zero-order valence-corrected chi connectivity index (χ0v) is 10.5. The number of hydrogen-bond acceptors (Lipinski definition) is 3. The van der Waals surface area contributed by atoms with E-state index in [9.17, 15) is 0 Å². The molecule has 0 unspecified atom stereocenters. The monoisotopic (exact) mass is 250 g/mol. The highest BCUT2D eigenvalue weighted by atomic mass is 35.5. The van der Waals surface area contributed by atoms with Gasteiger partial charge in [-0.15, -0.1) is 0 Å². The predicted octanol–water partition coefficient (Wildman–Crippen LogP) is 3.92. The second kappa shape index (κ2) is 5.23. The lowest BCUT2D eigenvalue weighted by Gasteiger charge is -2.02. The van der Waals surface area contributed by atoms with Crippen LogP contribution in [0.5, 0.6) is 0 Å². The molecule has 2 aromatic rings. The van der Waals surface area contributed by atoms with Crippen molar-refractivity contribution in [2.24, 2.45) is 0 Å².